The highest BCUT2D eigenvalue weighted by Gasteiger charge is 2.35. The summed E-state index contributed by atoms with van der Waals surface area (Å²) in [5.74, 6) is 1.94. The average Bonchev–Trinajstić information content (AvgIpc) is 3.41. The highest BCUT2D eigenvalue weighted by Crippen LogP contribution is 2.33. The van der Waals surface area contributed by atoms with Crippen molar-refractivity contribution in [1.82, 2.24) is 5.01 Å². The lowest BCUT2D eigenvalue weighted by Crippen LogP contribution is -2.35. The number of hydrogen-bond acceptors (Lipinski definition) is 6. The molecule has 0 atom stereocenters. The van der Waals surface area contributed by atoms with Gasteiger partial charge in [-0.3, -0.25) is 10.2 Å². The Kier molecular flexibility index (Phi) is 10.3. The molecular weight excluding hydrogens is 532 g/mol. The van der Waals surface area contributed by atoms with Gasteiger partial charge >= 0.3 is 0 Å². The Hall–Kier alpha value is -3.39. The number of benzene rings is 2. The van der Waals surface area contributed by atoms with E-state index in [1.54, 1.807) is 6.08 Å². The van der Waals surface area contributed by atoms with E-state index in [1.807, 2.05) is 24.3 Å². The van der Waals surface area contributed by atoms with Crippen LogP contribution in [0.4, 0.5) is 0 Å². The van der Waals surface area contributed by atoms with Crippen LogP contribution in [0.2, 0.25) is 0 Å². The predicted octanol–water partition coefficient (Wildman–Crippen LogP) is 8.17. The van der Waals surface area contributed by atoms with Crippen LogP contribution in [0.3, 0.4) is 0 Å². The lowest BCUT2D eigenvalue weighted by atomic mass is 9.84. The van der Waals surface area contributed by atoms with Crippen molar-refractivity contribution in [2.45, 2.75) is 83.5 Å². The molecule has 216 valence electrons. The van der Waals surface area contributed by atoms with Gasteiger partial charge in [-0.15, -0.1) is 0 Å². The molecule has 1 saturated carbocycles. The van der Waals surface area contributed by atoms with Gasteiger partial charge in [0.15, 0.2) is 5.84 Å². The summed E-state index contributed by atoms with van der Waals surface area (Å²) >= 11 is 1.40. The van der Waals surface area contributed by atoms with Crippen molar-refractivity contribution in [3.63, 3.8) is 0 Å². The van der Waals surface area contributed by atoms with E-state index in [9.17, 15) is 4.79 Å². The third-order valence-corrected chi connectivity index (χ3v) is 8.73. The second-order valence-electron chi connectivity index (χ2n) is 10.8. The first-order chi connectivity index (χ1) is 20.1. The van der Waals surface area contributed by atoms with Gasteiger partial charge in [0.05, 0.1) is 5.57 Å². The normalized spacial score (nSPS) is 18.4. The monoisotopic (exact) mass is 572 g/mol. The largest absolute Gasteiger partial charge is 0.490 e. The van der Waals surface area contributed by atoms with Gasteiger partial charge in [-0.05, 0) is 84.8 Å². The number of thioether (sulfide) groups is 1. The Morgan fingerprint density at radius 1 is 0.927 bits per heavy atom. The van der Waals surface area contributed by atoms with Crippen LogP contribution >= 0.6 is 11.8 Å². The maximum Gasteiger partial charge on any atom is 0.283 e. The zero-order valence-electron chi connectivity index (χ0n) is 23.9. The highest BCUT2D eigenvalue weighted by molar-refractivity contribution is 8.26. The van der Waals surface area contributed by atoms with Crippen molar-refractivity contribution in [3.8, 4) is 11.5 Å². The summed E-state index contributed by atoms with van der Waals surface area (Å²) < 4.78 is 11.7. The number of carbonyl (C=O) groups excluding carboxylic acids is 1. The van der Waals surface area contributed by atoms with Crippen molar-refractivity contribution >= 4 is 39.8 Å². The second-order valence-corrected chi connectivity index (χ2v) is 11.9. The Bertz CT molecular complexity index is 1290. The fourth-order valence-corrected chi connectivity index (χ4v) is 6.36. The summed E-state index contributed by atoms with van der Waals surface area (Å²) in [6.07, 6.45) is 15.1. The van der Waals surface area contributed by atoms with E-state index in [0.29, 0.717) is 24.3 Å². The molecule has 5 rings (SSSR count). The third kappa shape index (κ3) is 7.88. The first-order valence-electron chi connectivity index (χ1n) is 15.1. The number of ether oxygens (including phenoxy) is 2. The molecule has 7 nitrogen and oxygen atoms in total. The van der Waals surface area contributed by atoms with Crippen LogP contribution in [-0.2, 0) is 4.79 Å². The fraction of sp³-hybridized carbons (Fsp3) is 0.455. The van der Waals surface area contributed by atoms with E-state index in [-0.39, 0.29) is 11.4 Å². The molecule has 8 heteroatoms. The third-order valence-electron chi connectivity index (χ3n) is 7.76. The van der Waals surface area contributed by atoms with Gasteiger partial charge in [0.1, 0.15) is 29.8 Å². The number of nitrogens with one attached hydrogen (secondary N) is 1. The Morgan fingerprint density at radius 3 is 2.27 bits per heavy atom. The number of fused-ring (bicyclic) bond motifs is 1. The smallest absolute Gasteiger partial charge is 0.283 e. The van der Waals surface area contributed by atoms with Gasteiger partial charge in [0, 0.05) is 0 Å². The molecule has 0 bridgehead atoms. The first-order valence-corrected chi connectivity index (χ1v) is 15.9. The first kappa shape index (κ1) is 29.1. The molecule has 1 fully saturated rings. The second kappa shape index (κ2) is 14.5. The Labute approximate surface area is 247 Å². The summed E-state index contributed by atoms with van der Waals surface area (Å²) in [4.78, 5) is 16.9. The molecule has 2 aromatic rings. The van der Waals surface area contributed by atoms with Crippen LogP contribution in [0, 0.1) is 5.41 Å². The van der Waals surface area contributed by atoms with Crippen LogP contribution in [0.25, 0.3) is 6.08 Å². The number of nitrogens with zero attached hydrogens (tertiary/aromatic N) is 3. The molecule has 2 heterocycles. The van der Waals surface area contributed by atoms with Crippen molar-refractivity contribution < 1.29 is 14.3 Å². The number of rotatable bonds is 13. The van der Waals surface area contributed by atoms with Gasteiger partial charge < -0.3 is 9.47 Å². The van der Waals surface area contributed by atoms with E-state index in [1.165, 1.54) is 80.1 Å². The molecule has 0 saturated heterocycles. The maximum atomic E-state index is 12.7. The minimum Gasteiger partial charge on any atom is -0.490 e. The van der Waals surface area contributed by atoms with Crippen molar-refractivity contribution in [2.24, 2.45) is 10.1 Å². The molecule has 0 aromatic heterocycles. The van der Waals surface area contributed by atoms with E-state index in [2.05, 4.69) is 41.3 Å². The summed E-state index contributed by atoms with van der Waals surface area (Å²) in [5.41, 5.74) is 2.45. The zero-order valence-corrected chi connectivity index (χ0v) is 24.8. The van der Waals surface area contributed by atoms with E-state index < -0.39 is 5.91 Å². The van der Waals surface area contributed by atoms with Crippen molar-refractivity contribution in [1.29, 1.82) is 5.41 Å². The number of hydrogen-bond donors (Lipinski definition) is 1. The number of amides is 1. The quantitative estimate of drug-likeness (QED) is 0.193. The molecule has 2 aliphatic heterocycles. The lowest BCUT2D eigenvalue weighted by Gasteiger charge is -2.22. The van der Waals surface area contributed by atoms with Crippen LogP contribution in [0.1, 0.15) is 94.6 Å². The SMILES string of the molecule is CCCCCCCC1=NN2C(=N)/C(=C/c3ccc(OCCOc4ccc(C5CCCCC5)cc4)cc3)C(=O)N=C2S1. The zero-order chi connectivity index (χ0) is 28.4. The summed E-state index contributed by atoms with van der Waals surface area (Å²) in [5, 5.41) is 16.1. The number of carbonyl (C=O) groups is 1. The van der Waals surface area contributed by atoms with Gasteiger partial charge in [-0.25, -0.2) is 0 Å². The number of amidine groups is 2. The Balaban J connectivity index is 1.09. The van der Waals surface area contributed by atoms with Crippen molar-refractivity contribution in [3.05, 3.63) is 65.2 Å². The lowest BCUT2D eigenvalue weighted by molar-refractivity contribution is -0.114. The molecule has 2 aromatic carbocycles. The molecule has 1 amide bonds. The minimum atomic E-state index is -0.405. The number of aliphatic imine (C=N–C) groups is 1. The highest BCUT2D eigenvalue weighted by atomic mass is 32.2. The molecule has 1 aliphatic carbocycles. The van der Waals surface area contributed by atoms with Gasteiger partial charge in [-0.1, -0.05) is 76.1 Å². The molecule has 41 heavy (non-hydrogen) atoms. The predicted molar refractivity (Wildman–Crippen MR) is 168 cm³/mol. The average molecular weight is 573 g/mol. The molecule has 0 radical (unpaired) electrons. The van der Waals surface area contributed by atoms with Gasteiger partial charge in [0.2, 0.25) is 5.17 Å². The molecule has 1 N–H and O–H groups in total. The Morgan fingerprint density at radius 2 is 1.59 bits per heavy atom. The standard InChI is InChI=1S/C33H40N4O3S/c1-2-3-4-5-9-12-30-36-37-31(34)29(32(38)35-33(37)41-30)23-24-13-17-27(18-14-24)39-21-22-40-28-19-15-26(16-20-28)25-10-7-6-8-11-25/h13-20,23,25,34H,2-12,21-22H2,1H3/b29-23-,34-31?. The number of unbranched alkanes of at least 4 members (excludes halogenated alkanes) is 4. The van der Waals surface area contributed by atoms with Crippen LogP contribution in [0.15, 0.2) is 64.2 Å². The van der Waals surface area contributed by atoms with Crippen molar-refractivity contribution in [2.75, 3.05) is 13.2 Å². The number of hydrazone groups is 1. The summed E-state index contributed by atoms with van der Waals surface area (Å²) in [6, 6.07) is 16.0. The van der Waals surface area contributed by atoms with E-state index >= 15 is 0 Å². The molecule has 0 spiro atoms. The molecule has 3 aliphatic rings. The summed E-state index contributed by atoms with van der Waals surface area (Å²) in [7, 11) is 0. The van der Waals surface area contributed by atoms with Crippen LogP contribution in [-0.4, -0.2) is 40.2 Å². The van der Waals surface area contributed by atoms with Crippen LogP contribution in [0.5, 0.6) is 11.5 Å². The molecule has 0 unspecified atom stereocenters. The van der Waals surface area contributed by atoms with E-state index in [0.717, 1.165) is 34.9 Å². The van der Waals surface area contributed by atoms with Gasteiger partial charge in [0.25, 0.3) is 5.91 Å². The van der Waals surface area contributed by atoms with E-state index in [4.69, 9.17) is 14.9 Å². The molecular formula is C33H40N4O3S. The fourth-order valence-electron chi connectivity index (χ4n) is 5.43. The van der Waals surface area contributed by atoms with Crippen LogP contribution < -0.4 is 9.47 Å². The minimum absolute atomic E-state index is 0.0673. The summed E-state index contributed by atoms with van der Waals surface area (Å²) in [6.45, 7) is 3.09. The van der Waals surface area contributed by atoms with Gasteiger partial charge in [-0.2, -0.15) is 15.1 Å². The maximum absolute atomic E-state index is 12.7. The topological polar surface area (TPSA) is 87.3 Å².